The number of aromatic nitrogens is 2. The molecule has 0 saturated carbocycles. The van der Waals surface area contributed by atoms with Crippen molar-refractivity contribution in [2.75, 3.05) is 4.72 Å². The van der Waals surface area contributed by atoms with Gasteiger partial charge in [-0.05, 0) is 36.4 Å². The molecule has 0 spiro atoms. The SMILES string of the molecule is CCc1nnc(-c2ccc(NS(=O)(=O)c3ccccc3)cc2)o1. The monoisotopic (exact) mass is 329 g/mol. The predicted octanol–water partition coefficient (Wildman–Crippen LogP) is 3.10. The van der Waals surface area contributed by atoms with Crippen LogP contribution in [0.2, 0.25) is 0 Å². The molecule has 3 aromatic rings. The van der Waals surface area contributed by atoms with Gasteiger partial charge < -0.3 is 4.42 Å². The molecule has 2 aromatic carbocycles. The maximum atomic E-state index is 12.2. The van der Waals surface area contributed by atoms with E-state index in [4.69, 9.17) is 4.42 Å². The molecule has 118 valence electrons. The van der Waals surface area contributed by atoms with Crippen molar-refractivity contribution in [2.45, 2.75) is 18.2 Å². The van der Waals surface area contributed by atoms with Crippen LogP contribution in [0.15, 0.2) is 63.9 Å². The minimum Gasteiger partial charge on any atom is -0.421 e. The first-order chi connectivity index (χ1) is 11.1. The normalized spacial score (nSPS) is 11.3. The second-order valence-corrected chi connectivity index (χ2v) is 6.53. The van der Waals surface area contributed by atoms with Crippen LogP contribution in [0, 0.1) is 0 Å². The molecule has 3 rings (SSSR count). The quantitative estimate of drug-likeness (QED) is 0.777. The maximum absolute atomic E-state index is 12.2. The Morgan fingerprint density at radius 2 is 1.70 bits per heavy atom. The number of anilines is 1. The lowest BCUT2D eigenvalue weighted by molar-refractivity contribution is 0.513. The number of nitrogens with zero attached hydrogens (tertiary/aromatic N) is 2. The van der Waals surface area contributed by atoms with Gasteiger partial charge in [-0.3, -0.25) is 4.72 Å². The van der Waals surface area contributed by atoms with Crippen LogP contribution in [-0.4, -0.2) is 18.6 Å². The van der Waals surface area contributed by atoms with Gasteiger partial charge in [0.05, 0.1) is 4.90 Å². The summed E-state index contributed by atoms with van der Waals surface area (Å²) in [6, 6.07) is 15.0. The smallest absolute Gasteiger partial charge is 0.261 e. The number of sulfonamides is 1. The molecular formula is C16H15N3O3S. The molecule has 1 aromatic heterocycles. The van der Waals surface area contributed by atoms with Gasteiger partial charge in [0.2, 0.25) is 11.8 Å². The van der Waals surface area contributed by atoms with Gasteiger partial charge in [-0.1, -0.05) is 25.1 Å². The average molecular weight is 329 g/mol. The Hall–Kier alpha value is -2.67. The van der Waals surface area contributed by atoms with Gasteiger partial charge in [0.1, 0.15) is 0 Å². The van der Waals surface area contributed by atoms with Crippen molar-refractivity contribution in [3.63, 3.8) is 0 Å². The van der Waals surface area contributed by atoms with Gasteiger partial charge in [-0.25, -0.2) is 8.42 Å². The molecule has 0 radical (unpaired) electrons. The Morgan fingerprint density at radius 1 is 1.00 bits per heavy atom. The largest absolute Gasteiger partial charge is 0.421 e. The van der Waals surface area contributed by atoms with Gasteiger partial charge in [0.15, 0.2) is 0 Å². The number of aryl methyl sites for hydroxylation is 1. The summed E-state index contributed by atoms with van der Waals surface area (Å²) >= 11 is 0. The topological polar surface area (TPSA) is 85.1 Å². The first-order valence-electron chi connectivity index (χ1n) is 7.09. The number of hydrogen-bond acceptors (Lipinski definition) is 5. The van der Waals surface area contributed by atoms with E-state index in [0.29, 0.717) is 23.9 Å². The number of rotatable bonds is 5. The van der Waals surface area contributed by atoms with Crippen LogP contribution in [-0.2, 0) is 16.4 Å². The van der Waals surface area contributed by atoms with Crippen molar-refractivity contribution < 1.29 is 12.8 Å². The van der Waals surface area contributed by atoms with Crippen LogP contribution in [0.3, 0.4) is 0 Å². The van der Waals surface area contributed by atoms with Crippen molar-refractivity contribution in [1.82, 2.24) is 10.2 Å². The molecule has 6 nitrogen and oxygen atoms in total. The summed E-state index contributed by atoms with van der Waals surface area (Å²) in [5.41, 5.74) is 1.20. The fourth-order valence-corrected chi connectivity index (χ4v) is 3.09. The molecule has 0 fully saturated rings. The lowest BCUT2D eigenvalue weighted by Gasteiger charge is -2.08. The Balaban J connectivity index is 1.80. The summed E-state index contributed by atoms with van der Waals surface area (Å²) in [7, 11) is -3.59. The highest BCUT2D eigenvalue weighted by Gasteiger charge is 2.14. The number of hydrogen-bond donors (Lipinski definition) is 1. The van der Waals surface area contributed by atoms with Crippen LogP contribution in [0.4, 0.5) is 5.69 Å². The zero-order valence-electron chi connectivity index (χ0n) is 12.4. The molecule has 0 unspecified atom stereocenters. The summed E-state index contributed by atoms with van der Waals surface area (Å²) in [6.07, 6.45) is 0.669. The molecule has 0 aliphatic rings. The number of nitrogens with one attached hydrogen (secondary N) is 1. The van der Waals surface area contributed by atoms with E-state index in [1.54, 1.807) is 54.6 Å². The van der Waals surface area contributed by atoms with Crippen LogP contribution in [0.5, 0.6) is 0 Å². The Kier molecular flexibility index (Phi) is 4.12. The molecular weight excluding hydrogens is 314 g/mol. The zero-order valence-corrected chi connectivity index (χ0v) is 13.2. The molecule has 0 bridgehead atoms. The van der Waals surface area contributed by atoms with Crippen LogP contribution in [0.1, 0.15) is 12.8 Å². The molecule has 1 heterocycles. The minimum atomic E-state index is -3.59. The lowest BCUT2D eigenvalue weighted by Crippen LogP contribution is -2.12. The van der Waals surface area contributed by atoms with E-state index in [1.807, 2.05) is 6.92 Å². The highest BCUT2D eigenvalue weighted by Crippen LogP contribution is 2.22. The van der Waals surface area contributed by atoms with Crippen LogP contribution < -0.4 is 4.72 Å². The first kappa shape index (κ1) is 15.2. The van der Waals surface area contributed by atoms with E-state index in [2.05, 4.69) is 14.9 Å². The third-order valence-corrected chi connectivity index (χ3v) is 4.60. The van der Waals surface area contributed by atoms with E-state index in [-0.39, 0.29) is 4.90 Å². The first-order valence-corrected chi connectivity index (χ1v) is 8.57. The Labute approximate surface area is 134 Å². The van der Waals surface area contributed by atoms with E-state index in [0.717, 1.165) is 5.56 Å². The lowest BCUT2D eigenvalue weighted by atomic mass is 10.2. The molecule has 0 atom stereocenters. The summed E-state index contributed by atoms with van der Waals surface area (Å²) in [5, 5.41) is 7.86. The molecule has 0 saturated heterocycles. The second-order valence-electron chi connectivity index (χ2n) is 4.85. The molecule has 23 heavy (non-hydrogen) atoms. The Bertz CT molecular complexity index is 888. The van der Waals surface area contributed by atoms with Crippen LogP contribution in [0.25, 0.3) is 11.5 Å². The molecule has 0 aliphatic heterocycles. The fraction of sp³-hybridized carbons (Fsp3) is 0.125. The van der Waals surface area contributed by atoms with Gasteiger partial charge in [-0.15, -0.1) is 10.2 Å². The Morgan fingerprint density at radius 3 is 2.30 bits per heavy atom. The van der Waals surface area contributed by atoms with E-state index < -0.39 is 10.0 Å². The molecule has 7 heteroatoms. The zero-order chi connectivity index (χ0) is 16.3. The van der Waals surface area contributed by atoms with Crippen molar-refractivity contribution in [1.29, 1.82) is 0 Å². The van der Waals surface area contributed by atoms with Gasteiger partial charge in [0.25, 0.3) is 10.0 Å². The molecule has 0 amide bonds. The fourth-order valence-electron chi connectivity index (χ4n) is 2.01. The van der Waals surface area contributed by atoms with Gasteiger partial charge in [0, 0.05) is 17.7 Å². The summed E-state index contributed by atoms with van der Waals surface area (Å²) in [5.74, 6) is 0.980. The van der Waals surface area contributed by atoms with E-state index >= 15 is 0 Å². The third kappa shape index (κ3) is 3.40. The third-order valence-electron chi connectivity index (χ3n) is 3.21. The standard InChI is InChI=1S/C16H15N3O3S/c1-2-15-17-18-16(22-15)12-8-10-13(11-9-12)19-23(20,21)14-6-4-3-5-7-14/h3-11,19H,2H2,1H3. The minimum absolute atomic E-state index is 0.216. The predicted molar refractivity (Wildman–Crippen MR) is 86.4 cm³/mol. The van der Waals surface area contributed by atoms with E-state index in [1.165, 1.54) is 0 Å². The summed E-state index contributed by atoms with van der Waals surface area (Å²) in [6.45, 7) is 1.93. The summed E-state index contributed by atoms with van der Waals surface area (Å²) in [4.78, 5) is 0.216. The molecule has 0 aliphatic carbocycles. The van der Waals surface area contributed by atoms with Gasteiger partial charge >= 0.3 is 0 Å². The van der Waals surface area contributed by atoms with Crippen LogP contribution >= 0.6 is 0 Å². The van der Waals surface area contributed by atoms with Crippen molar-refractivity contribution in [2.24, 2.45) is 0 Å². The van der Waals surface area contributed by atoms with Crippen molar-refractivity contribution in [3.05, 3.63) is 60.5 Å². The highest BCUT2D eigenvalue weighted by atomic mass is 32.2. The second kappa shape index (κ2) is 6.21. The number of benzene rings is 2. The average Bonchev–Trinajstić information content (AvgIpc) is 3.05. The highest BCUT2D eigenvalue weighted by molar-refractivity contribution is 7.92. The van der Waals surface area contributed by atoms with E-state index in [9.17, 15) is 8.42 Å². The maximum Gasteiger partial charge on any atom is 0.261 e. The van der Waals surface area contributed by atoms with Crippen molar-refractivity contribution in [3.8, 4) is 11.5 Å². The van der Waals surface area contributed by atoms with Crippen molar-refractivity contribution >= 4 is 15.7 Å². The van der Waals surface area contributed by atoms with Gasteiger partial charge in [-0.2, -0.15) is 0 Å². The molecule has 1 N–H and O–H groups in total. The summed E-state index contributed by atoms with van der Waals surface area (Å²) < 4.78 is 32.5.